The monoisotopic (exact) mass is 380 g/mol. The number of hydrogen-bond acceptors (Lipinski definition) is 6. The quantitative estimate of drug-likeness (QED) is 0.722. The first-order valence-corrected chi connectivity index (χ1v) is 9.37. The van der Waals surface area contributed by atoms with Crippen LogP contribution in [-0.2, 0) is 0 Å². The molecule has 0 spiro atoms. The summed E-state index contributed by atoms with van der Waals surface area (Å²) in [5, 5.41) is 22.2. The number of halogens is 1. The van der Waals surface area contributed by atoms with Gasteiger partial charge in [0, 0.05) is 43.7 Å². The van der Waals surface area contributed by atoms with Crippen molar-refractivity contribution in [3.63, 3.8) is 0 Å². The van der Waals surface area contributed by atoms with Gasteiger partial charge in [0.05, 0.1) is 23.8 Å². The van der Waals surface area contributed by atoms with Gasteiger partial charge in [0.15, 0.2) is 5.82 Å². The summed E-state index contributed by atoms with van der Waals surface area (Å²) in [6.45, 7) is 0.850. The van der Waals surface area contributed by atoms with E-state index in [9.17, 15) is 9.50 Å². The molecule has 0 radical (unpaired) electrons. The zero-order chi connectivity index (χ0) is 19.3. The Labute approximate surface area is 161 Å². The van der Waals surface area contributed by atoms with E-state index in [1.807, 2.05) is 40.9 Å². The molecule has 2 aromatic heterocycles. The number of anilines is 1. The number of rotatable bonds is 4. The number of aromatic hydroxyl groups is 1. The third-order valence-electron chi connectivity index (χ3n) is 5.91. The Kier molecular flexibility index (Phi) is 4.01. The third-order valence-corrected chi connectivity index (χ3v) is 5.91. The lowest BCUT2D eigenvalue weighted by molar-refractivity contribution is 0.220. The van der Waals surface area contributed by atoms with Gasteiger partial charge in [0.2, 0.25) is 0 Å². The molecule has 4 atom stereocenters. The summed E-state index contributed by atoms with van der Waals surface area (Å²) in [5.41, 5.74) is 1.97. The predicted molar refractivity (Wildman–Crippen MR) is 103 cm³/mol. The van der Waals surface area contributed by atoms with E-state index in [2.05, 4.69) is 20.5 Å². The van der Waals surface area contributed by atoms with Crippen LogP contribution in [0.5, 0.6) is 5.75 Å². The Hall–Kier alpha value is -3.00. The van der Waals surface area contributed by atoms with Crippen molar-refractivity contribution in [2.24, 2.45) is 5.92 Å². The normalized spacial score (nSPS) is 25.9. The van der Waals surface area contributed by atoms with Gasteiger partial charge in [-0.15, -0.1) is 10.2 Å². The summed E-state index contributed by atoms with van der Waals surface area (Å²) in [5.74, 6) is 1.05. The number of benzene rings is 1. The molecule has 3 heterocycles. The zero-order valence-corrected chi connectivity index (χ0v) is 15.4. The fourth-order valence-electron chi connectivity index (χ4n) is 4.45. The number of hydrogen-bond donors (Lipinski definition) is 2. The highest BCUT2D eigenvalue weighted by atomic mass is 19.1. The lowest BCUT2D eigenvalue weighted by atomic mass is 10.0. The van der Waals surface area contributed by atoms with E-state index in [-0.39, 0.29) is 17.8 Å². The second-order valence-corrected chi connectivity index (χ2v) is 7.50. The van der Waals surface area contributed by atoms with Gasteiger partial charge < -0.3 is 19.9 Å². The Balaban J connectivity index is 1.38. The van der Waals surface area contributed by atoms with Crippen molar-refractivity contribution < 1.29 is 9.50 Å². The largest absolute Gasteiger partial charge is 0.507 e. The summed E-state index contributed by atoms with van der Waals surface area (Å²) >= 11 is 0. The van der Waals surface area contributed by atoms with Crippen molar-refractivity contribution in [3.8, 4) is 22.7 Å². The fourth-order valence-corrected chi connectivity index (χ4v) is 4.45. The average molecular weight is 380 g/mol. The van der Waals surface area contributed by atoms with Crippen LogP contribution in [0.1, 0.15) is 6.42 Å². The lowest BCUT2D eigenvalue weighted by Crippen LogP contribution is -2.51. The number of nitrogens with one attached hydrogen (secondary N) is 1. The van der Waals surface area contributed by atoms with Gasteiger partial charge >= 0.3 is 0 Å². The van der Waals surface area contributed by atoms with Gasteiger partial charge in [-0.2, -0.15) is 0 Å². The van der Waals surface area contributed by atoms with Crippen molar-refractivity contribution in [3.05, 3.63) is 49.1 Å². The molecule has 28 heavy (non-hydrogen) atoms. The van der Waals surface area contributed by atoms with Crippen LogP contribution in [0.4, 0.5) is 10.2 Å². The minimum absolute atomic E-state index is 0.0457. The van der Waals surface area contributed by atoms with E-state index in [4.69, 9.17) is 0 Å². The van der Waals surface area contributed by atoms with Crippen molar-refractivity contribution in [2.45, 2.75) is 24.7 Å². The maximum atomic E-state index is 14.6. The number of fused-ring (bicyclic) bond motifs is 2. The molecule has 2 N–H and O–H groups in total. The molecule has 0 amide bonds. The topological polar surface area (TPSA) is 79.1 Å². The Bertz CT molecular complexity index is 975. The van der Waals surface area contributed by atoms with Crippen LogP contribution in [0.15, 0.2) is 49.1 Å². The van der Waals surface area contributed by atoms with Crippen LogP contribution >= 0.6 is 0 Å². The van der Waals surface area contributed by atoms with Gasteiger partial charge in [0.1, 0.15) is 11.9 Å². The molecular formula is C20H21FN6O. The smallest absolute Gasteiger partial charge is 0.151 e. The second-order valence-electron chi connectivity index (χ2n) is 7.50. The molecule has 2 bridgehead atoms. The van der Waals surface area contributed by atoms with E-state index in [0.29, 0.717) is 23.0 Å². The molecule has 2 unspecified atom stereocenters. The van der Waals surface area contributed by atoms with Crippen molar-refractivity contribution in [1.29, 1.82) is 0 Å². The Morgan fingerprint density at radius 1 is 1.25 bits per heavy atom. The van der Waals surface area contributed by atoms with E-state index in [1.165, 1.54) is 0 Å². The van der Waals surface area contributed by atoms with E-state index < -0.39 is 6.17 Å². The first-order valence-electron chi connectivity index (χ1n) is 9.37. The highest BCUT2D eigenvalue weighted by Crippen LogP contribution is 2.38. The van der Waals surface area contributed by atoms with Crippen LogP contribution in [-0.4, -0.2) is 56.7 Å². The molecule has 3 aromatic rings. The van der Waals surface area contributed by atoms with Crippen LogP contribution in [0, 0.1) is 5.92 Å². The summed E-state index contributed by atoms with van der Waals surface area (Å²) in [7, 11) is 1.87. The van der Waals surface area contributed by atoms with E-state index >= 15 is 0 Å². The molecule has 1 saturated carbocycles. The van der Waals surface area contributed by atoms with Crippen molar-refractivity contribution >= 4 is 5.82 Å². The van der Waals surface area contributed by atoms with Crippen LogP contribution in [0.2, 0.25) is 0 Å². The molecule has 1 aromatic carbocycles. The maximum absolute atomic E-state index is 14.6. The Morgan fingerprint density at radius 3 is 2.79 bits per heavy atom. The highest BCUT2D eigenvalue weighted by Gasteiger charge is 2.50. The first-order chi connectivity index (χ1) is 13.6. The van der Waals surface area contributed by atoms with Gasteiger partial charge in [0.25, 0.3) is 0 Å². The molecule has 1 aliphatic heterocycles. The van der Waals surface area contributed by atoms with Crippen molar-refractivity contribution in [1.82, 2.24) is 25.1 Å². The number of alkyl halides is 1. The molecule has 144 valence electrons. The molecule has 2 aliphatic rings. The predicted octanol–water partition coefficient (Wildman–Crippen LogP) is 2.17. The average Bonchev–Trinajstić information content (AvgIpc) is 3.45. The summed E-state index contributed by atoms with van der Waals surface area (Å²) in [4.78, 5) is 5.91. The molecule has 2 fully saturated rings. The first kappa shape index (κ1) is 17.1. The highest BCUT2D eigenvalue weighted by molar-refractivity contribution is 5.69. The van der Waals surface area contributed by atoms with E-state index in [0.717, 1.165) is 18.7 Å². The van der Waals surface area contributed by atoms with Crippen LogP contribution in [0.3, 0.4) is 0 Å². The molecular weight excluding hydrogens is 359 g/mol. The molecule has 7 nitrogen and oxygen atoms in total. The number of imidazole rings is 1. The van der Waals surface area contributed by atoms with Gasteiger partial charge in [-0.1, -0.05) is 0 Å². The minimum Gasteiger partial charge on any atom is -0.507 e. The summed E-state index contributed by atoms with van der Waals surface area (Å²) < 4.78 is 16.4. The molecule has 1 saturated heterocycles. The number of phenolic OH excluding ortho intramolecular Hbond substituents is 1. The molecule has 1 aliphatic carbocycles. The zero-order valence-electron chi connectivity index (χ0n) is 15.4. The fraction of sp³-hybridized carbons (Fsp3) is 0.350. The molecule has 8 heteroatoms. The number of aromatic nitrogens is 4. The van der Waals surface area contributed by atoms with Gasteiger partial charge in [-0.05, 0) is 36.6 Å². The van der Waals surface area contributed by atoms with E-state index in [1.54, 1.807) is 24.7 Å². The van der Waals surface area contributed by atoms with Crippen molar-refractivity contribution in [2.75, 3.05) is 18.5 Å². The Morgan fingerprint density at radius 2 is 2.14 bits per heavy atom. The standard InChI is InChI=1S/C20H21FN6O/c1-26(20-12-8-16(19(20)21)23-10-12)18-5-4-15(24-25-18)14-3-2-13(9-17(14)28)27-7-6-22-11-27/h2-7,9,11-12,16,19-20,23,28H,8,10H2,1H3/t12?,16?,19-,20+/m0/s1. The van der Waals surface area contributed by atoms with Gasteiger partial charge in [-0.3, -0.25) is 0 Å². The maximum Gasteiger partial charge on any atom is 0.151 e. The van der Waals surface area contributed by atoms with Crippen LogP contribution in [0.25, 0.3) is 16.9 Å². The number of piperidine rings is 1. The summed E-state index contributed by atoms with van der Waals surface area (Å²) in [6.07, 6.45) is 5.13. The summed E-state index contributed by atoms with van der Waals surface area (Å²) in [6, 6.07) is 8.77. The lowest BCUT2D eigenvalue weighted by Gasteiger charge is -2.34. The number of nitrogens with zero attached hydrogens (tertiary/aromatic N) is 5. The third kappa shape index (κ3) is 2.72. The second kappa shape index (κ2) is 6.56. The SMILES string of the molecule is CN(c1ccc(-c2ccc(-n3ccnc3)cc2O)nn1)[C@@H]1C2CNC(C2)[C@@H]1F. The molecule has 5 rings (SSSR count). The van der Waals surface area contributed by atoms with Crippen LogP contribution < -0.4 is 10.2 Å². The van der Waals surface area contributed by atoms with Gasteiger partial charge in [-0.25, -0.2) is 9.37 Å². The number of phenols is 1. The minimum atomic E-state index is -0.898.